The summed E-state index contributed by atoms with van der Waals surface area (Å²) in [7, 11) is 1.83. The van der Waals surface area contributed by atoms with E-state index in [2.05, 4.69) is 20.0 Å². The van der Waals surface area contributed by atoms with Crippen LogP contribution in [0.2, 0.25) is 0 Å². The van der Waals surface area contributed by atoms with E-state index in [1.54, 1.807) is 28.4 Å². The van der Waals surface area contributed by atoms with E-state index in [1.165, 1.54) is 12.8 Å². The lowest BCUT2D eigenvalue weighted by Gasteiger charge is -2.20. The zero-order chi connectivity index (χ0) is 17.7. The number of carbonyl (C=O) groups is 1. The van der Waals surface area contributed by atoms with Crippen LogP contribution in [0.4, 0.5) is 16.3 Å². The molecule has 1 aliphatic carbocycles. The molecule has 0 N–H and O–H groups in total. The molecule has 1 saturated carbocycles. The second-order valence-corrected chi connectivity index (χ2v) is 7.46. The standard InChI is InChI=1S/C18H23N7O/c1-22-8-9-24(18(22)26)15-10-21-25(12-15)14-4-7-23(11-14)17-16(13-2-3-13)19-5-6-20-17/h5-6,10,12-14H,2-4,7-9,11H2,1H3. The van der Waals surface area contributed by atoms with E-state index in [0.29, 0.717) is 12.0 Å². The molecule has 1 unspecified atom stereocenters. The van der Waals surface area contributed by atoms with Crippen LogP contribution < -0.4 is 9.80 Å². The van der Waals surface area contributed by atoms with Crippen LogP contribution in [0.5, 0.6) is 0 Å². The molecule has 26 heavy (non-hydrogen) atoms. The van der Waals surface area contributed by atoms with Crippen molar-refractivity contribution in [2.45, 2.75) is 31.2 Å². The van der Waals surface area contributed by atoms with E-state index in [-0.39, 0.29) is 6.03 Å². The Balaban J connectivity index is 1.32. The van der Waals surface area contributed by atoms with E-state index >= 15 is 0 Å². The zero-order valence-corrected chi connectivity index (χ0v) is 15.0. The van der Waals surface area contributed by atoms with Crippen molar-refractivity contribution >= 4 is 17.5 Å². The molecule has 0 radical (unpaired) electrons. The number of aromatic nitrogens is 4. The number of hydrogen-bond donors (Lipinski definition) is 0. The monoisotopic (exact) mass is 353 g/mol. The highest BCUT2D eigenvalue weighted by molar-refractivity contribution is 5.93. The summed E-state index contributed by atoms with van der Waals surface area (Å²) in [6, 6.07) is 0.347. The number of urea groups is 1. The summed E-state index contributed by atoms with van der Waals surface area (Å²) in [6.45, 7) is 3.33. The number of carbonyl (C=O) groups excluding carboxylic acids is 1. The van der Waals surface area contributed by atoms with Crippen molar-refractivity contribution < 1.29 is 4.79 Å². The molecule has 2 aliphatic heterocycles. The van der Waals surface area contributed by atoms with E-state index in [9.17, 15) is 4.79 Å². The average Bonchev–Trinajstić information content (AvgIpc) is 3.04. The second-order valence-electron chi connectivity index (χ2n) is 7.46. The van der Waals surface area contributed by atoms with Gasteiger partial charge in [-0.3, -0.25) is 14.6 Å². The number of nitrogens with zero attached hydrogens (tertiary/aromatic N) is 7. The third-order valence-corrected chi connectivity index (χ3v) is 5.62. The first kappa shape index (κ1) is 15.6. The predicted octanol–water partition coefficient (Wildman–Crippen LogP) is 1.87. The second kappa shape index (κ2) is 5.96. The van der Waals surface area contributed by atoms with Crippen molar-refractivity contribution in [3.8, 4) is 0 Å². The molecule has 2 aromatic heterocycles. The maximum atomic E-state index is 12.2. The summed E-state index contributed by atoms with van der Waals surface area (Å²) in [5.74, 6) is 1.63. The van der Waals surface area contributed by atoms with Gasteiger partial charge in [0.15, 0.2) is 5.82 Å². The first-order chi connectivity index (χ1) is 12.7. The molecule has 1 atom stereocenters. The van der Waals surface area contributed by atoms with E-state index < -0.39 is 0 Å². The van der Waals surface area contributed by atoms with Gasteiger partial charge in [0.25, 0.3) is 0 Å². The van der Waals surface area contributed by atoms with Crippen molar-refractivity contribution in [1.82, 2.24) is 24.6 Å². The molecule has 0 spiro atoms. The Bertz CT molecular complexity index is 830. The lowest BCUT2D eigenvalue weighted by molar-refractivity contribution is 0.229. The Labute approximate surface area is 152 Å². The molecule has 3 fully saturated rings. The number of anilines is 2. The molecule has 8 nitrogen and oxygen atoms in total. The Morgan fingerprint density at radius 3 is 2.69 bits per heavy atom. The lowest BCUT2D eigenvalue weighted by atomic mass is 10.2. The van der Waals surface area contributed by atoms with Gasteiger partial charge in [-0.1, -0.05) is 0 Å². The van der Waals surface area contributed by atoms with Crippen LogP contribution in [0.1, 0.15) is 36.9 Å². The van der Waals surface area contributed by atoms with Gasteiger partial charge in [0.05, 0.1) is 23.6 Å². The van der Waals surface area contributed by atoms with Crippen LogP contribution in [-0.2, 0) is 0 Å². The quantitative estimate of drug-likeness (QED) is 0.839. The molecule has 0 aromatic carbocycles. The molecule has 0 bridgehead atoms. The van der Waals surface area contributed by atoms with E-state index in [1.807, 2.05) is 17.9 Å². The van der Waals surface area contributed by atoms with Crippen molar-refractivity contribution in [3.05, 3.63) is 30.5 Å². The van der Waals surface area contributed by atoms with Gasteiger partial charge in [-0.2, -0.15) is 5.10 Å². The number of likely N-dealkylation sites (N-methyl/N-ethyl adjacent to an activating group) is 1. The molecule has 5 rings (SSSR count). The fourth-order valence-corrected chi connectivity index (χ4v) is 3.93. The Hall–Kier alpha value is -2.64. The molecule has 3 aliphatic rings. The molecule has 2 amide bonds. The van der Waals surface area contributed by atoms with Gasteiger partial charge < -0.3 is 9.80 Å². The molecular weight excluding hydrogens is 330 g/mol. The summed E-state index contributed by atoms with van der Waals surface area (Å²) < 4.78 is 2.01. The predicted molar refractivity (Wildman–Crippen MR) is 97.5 cm³/mol. The van der Waals surface area contributed by atoms with E-state index in [4.69, 9.17) is 0 Å². The number of amides is 2. The minimum atomic E-state index is 0.0474. The molecule has 2 aromatic rings. The largest absolute Gasteiger partial charge is 0.353 e. The normalized spacial score (nSPS) is 23.3. The summed E-state index contributed by atoms with van der Waals surface area (Å²) in [5.41, 5.74) is 2.04. The van der Waals surface area contributed by atoms with Crippen LogP contribution in [0, 0.1) is 0 Å². The highest BCUT2D eigenvalue weighted by atomic mass is 16.2. The molecule has 4 heterocycles. The van der Waals surface area contributed by atoms with Crippen LogP contribution >= 0.6 is 0 Å². The van der Waals surface area contributed by atoms with E-state index in [0.717, 1.165) is 49.8 Å². The van der Waals surface area contributed by atoms with Gasteiger partial charge in [0.1, 0.15) is 0 Å². The first-order valence-corrected chi connectivity index (χ1v) is 9.33. The maximum absolute atomic E-state index is 12.2. The van der Waals surface area contributed by atoms with Crippen LogP contribution in [0.25, 0.3) is 0 Å². The van der Waals surface area contributed by atoms with Crippen LogP contribution in [-0.4, -0.2) is 63.9 Å². The Morgan fingerprint density at radius 1 is 1.08 bits per heavy atom. The summed E-state index contributed by atoms with van der Waals surface area (Å²) in [4.78, 5) is 27.2. The topological polar surface area (TPSA) is 70.4 Å². The Morgan fingerprint density at radius 2 is 1.92 bits per heavy atom. The summed E-state index contributed by atoms with van der Waals surface area (Å²) >= 11 is 0. The van der Waals surface area contributed by atoms with Gasteiger partial charge in [0, 0.05) is 57.7 Å². The van der Waals surface area contributed by atoms with Crippen molar-refractivity contribution in [3.63, 3.8) is 0 Å². The maximum Gasteiger partial charge on any atom is 0.324 e. The third-order valence-electron chi connectivity index (χ3n) is 5.62. The highest BCUT2D eigenvalue weighted by Crippen LogP contribution is 2.43. The average molecular weight is 353 g/mol. The smallest absolute Gasteiger partial charge is 0.324 e. The van der Waals surface area contributed by atoms with Crippen molar-refractivity contribution in [2.75, 3.05) is 43.0 Å². The number of hydrogen-bond acceptors (Lipinski definition) is 5. The fourth-order valence-electron chi connectivity index (χ4n) is 3.93. The van der Waals surface area contributed by atoms with Gasteiger partial charge in [0.2, 0.25) is 0 Å². The molecule has 2 saturated heterocycles. The van der Waals surface area contributed by atoms with Crippen molar-refractivity contribution in [1.29, 1.82) is 0 Å². The summed E-state index contributed by atoms with van der Waals surface area (Å²) in [5, 5.41) is 4.54. The van der Waals surface area contributed by atoms with Crippen molar-refractivity contribution in [2.24, 2.45) is 0 Å². The zero-order valence-electron chi connectivity index (χ0n) is 15.0. The van der Waals surface area contributed by atoms with Gasteiger partial charge >= 0.3 is 6.03 Å². The highest BCUT2D eigenvalue weighted by Gasteiger charge is 2.34. The SMILES string of the molecule is CN1CCN(c2cnn(C3CCN(c4nccnc4C4CC4)C3)c2)C1=O. The van der Waals surface area contributed by atoms with Gasteiger partial charge in [-0.05, 0) is 19.3 Å². The van der Waals surface area contributed by atoms with Crippen LogP contribution in [0.15, 0.2) is 24.8 Å². The van der Waals surface area contributed by atoms with Crippen LogP contribution in [0.3, 0.4) is 0 Å². The van der Waals surface area contributed by atoms with Gasteiger partial charge in [-0.15, -0.1) is 0 Å². The molecule has 136 valence electrons. The Kier molecular flexibility index (Phi) is 3.58. The molecule has 8 heteroatoms. The third kappa shape index (κ3) is 2.60. The van der Waals surface area contributed by atoms with Gasteiger partial charge in [-0.25, -0.2) is 9.78 Å². The lowest BCUT2D eigenvalue weighted by Crippen LogP contribution is -2.28. The fraction of sp³-hybridized carbons (Fsp3) is 0.556. The molecular formula is C18H23N7O. The minimum absolute atomic E-state index is 0.0474. The number of rotatable bonds is 4. The summed E-state index contributed by atoms with van der Waals surface area (Å²) in [6.07, 6.45) is 10.9. The first-order valence-electron chi connectivity index (χ1n) is 9.33. The minimum Gasteiger partial charge on any atom is -0.353 e.